The van der Waals surface area contributed by atoms with Crippen LogP contribution in [0.15, 0.2) is 91.0 Å². The maximum absolute atomic E-state index is 12.9. The quantitative estimate of drug-likeness (QED) is 0.549. The topological polar surface area (TPSA) is 20.3 Å². The lowest BCUT2D eigenvalue weighted by molar-refractivity contribution is -0.130. The molecule has 0 aromatic heterocycles. The lowest BCUT2D eigenvalue weighted by Gasteiger charge is -2.47. The molecule has 3 aromatic carbocycles. The average molecular weight is 341 g/mol. The molecule has 3 aromatic rings. The summed E-state index contributed by atoms with van der Waals surface area (Å²) >= 11 is 0. The number of β-lactam (4-membered cyclic amide) rings is 1. The van der Waals surface area contributed by atoms with Gasteiger partial charge in [0.15, 0.2) is 0 Å². The van der Waals surface area contributed by atoms with Crippen molar-refractivity contribution in [3.63, 3.8) is 0 Å². The summed E-state index contributed by atoms with van der Waals surface area (Å²) in [6.45, 7) is 0. The normalized spacial score (nSPS) is 19.2. The predicted octanol–water partition coefficient (Wildman–Crippen LogP) is 5.41. The third-order valence-corrected chi connectivity index (χ3v) is 5.21. The van der Waals surface area contributed by atoms with Crippen molar-refractivity contribution in [2.75, 3.05) is 4.90 Å². The first-order chi connectivity index (χ1) is 12.8. The lowest BCUT2D eigenvalue weighted by atomic mass is 9.78. The molecule has 0 unspecified atom stereocenters. The Kier molecular flexibility index (Phi) is 4.83. The molecule has 2 heteroatoms. The predicted molar refractivity (Wildman–Crippen MR) is 106 cm³/mol. The molecule has 0 N–H and O–H groups in total. The van der Waals surface area contributed by atoms with Crippen molar-refractivity contribution in [3.05, 3.63) is 102 Å². The smallest absolute Gasteiger partial charge is 0.233 e. The molecule has 26 heavy (non-hydrogen) atoms. The van der Waals surface area contributed by atoms with Gasteiger partial charge >= 0.3 is 0 Å². The molecule has 0 spiro atoms. The maximum atomic E-state index is 12.9. The summed E-state index contributed by atoms with van der Waals surface area (Å²) < 4.78 is 0. The Morgan fingerprint density at radius 2 is 1.31 bits per heavy atom. The molecule has 1 amide bonds. The second-order valence-corrected chi connectivity index (χ2v) is 6.88. The zero-order valence-electron chi connectivity index (χ0n) is 14.8. The molecule has 1 saturated heterocycles. The Balaban J connectivity index is 1.51. The Hall–Kier alpha value is -2.87. The molecule has 2 atom stereocenters. The molecule has 1 aliphatic rings. The van der Waals surface area contributed by atoms with Gasteiger partial charge in [-0.15, -0.1) is 0 Å². The minimum atomic E-state index is 0.0707. The SMILES string of the molecule is O=C1[C@H](CCCc2ccccc2)[C@@H](c2ccccc2)N1c1ccccc1. The van der Waals surface area contributed by atoms with Gasteiger partial charge in [-0.05, 0) is 42.5 Å². The van der Waals surface area contributed by atoms with Crippen LogP contribution in [-0.4, -0.2) is 5.91 Å². The summed E-state index contributed by atoms with van der Waals surface area (Å²) in [7, 11) is 0. The van der Waals surface area contributed by atoms with Gasteiger partial charge in [0.05, 0.1) is 12.0 Å². The van der Waals surface area contributed by atoms with Gasteiger partial charge in [0.2, 0.25) is 5.91 Å². The zero-order chi connectivity index (χ0) is 17.8. The lowest BCUT2D eigenvalue weighted by Crippen LogP contribution is -2.55. The van der Waals surface area contributed by atoms with Crippen LogP contribution in [0.3, 0.4) is 0 Å². The third kappa shape index (κ3) is 3.28. The van der Waals surface area contributed by atoms with Gasteiger partial charge in [0, 0.05) is 5.69 Å². The highest BCUT2D eigenvalue weighted by Gasteiger charge is 2.47. The van der Waals surface area contributed by atoms with E-state index in [1.165, 1.54) is 11.1 Å². The number of amides is 1. The van der Waals surface area contributed by atoms with Crippen LogP contribution in [-0.2, 0) is 11.2 Å². The highest BCUT2D eigenvalue weighted by atomic mass is 16.2. The monoisotopic (exact) mass is 341 g/mol. The highest BCUT2D eigenvalue weighted by Crippen LogP contribution is 2.45. The van der Waals surface area contributed by atoms with Crippen LogP contribution in [0.1, 0.15) is 30.0 Å². The zero-order valence-corrected chi connectivity index (χ0v) is 14.8. The van der Waals surface area contributed by atoms with Crippen molar-refractivity contribution in [2.45, 2.75) is 25.3 Å². The molecule has 0 bridgehead atoms. The van der Waals surface area contributed by atoms with E-state index in [1.807, 2.05) is 47.4 Å². The second-order valence-electron chi connectivity index (χ2n) is 6.88. The van der Waals surface area contributed by atoms with Gasteiger partial charge in [-0.2, -0.15) is 0 Å². The number of rotatable bonds is 6. The summed E-state index contributed by atoms with van der Waals surface area (Å²) in [4.78, 5) is 14.9. The fourth-order valence-corrected chi connectivity index (χ4v) is 3.91. The first-order valence-electron chi connectivity index (χ1n) is 9.31. The van der Waals surface area contributed by atoms with E-state index in [0.717, 1.165) is 24.9 Å². The summed E-state index contributed by atoms with van der Waals surface area (Å²) in [6, 6.07) is 31.1. The van der Waals surface area contributed by atoms with Crippen molar-refractivity contribution < 1.29 is 4.79 Å². The van der Waals surface area contributed by atoms with Crippen LogP contribution in [0.2, 0.25) is 0 Å². The number of para-hydroxylation sites is 1. The fourth-order valence-electron chi connectivity index (χ4n) is 3.91. The number of benzene rings is 3. The standard InChI is InChI=1S/C24H23NO/c26-24-22(18-10-13-19-11-4-1-5-12-19)23(20-14-6-2-7-15-20)25(24)21-16-8-3-9-17-21/h1-9,11-12,14-17,22-23H,10,13,18H2/t22-,23-/m1/s1. The highest BCUT2D eigenvalue weighted by molar-refractivity contribution is 6.03. The first-order valence-corrected chi connectivity index (χ1v) is 9.31. The number of nitrogens with zero attached hydrogens (tertiary/aromatic N) is 1. The number of hydrogen-bond acceptors (Lipinski definition) is 1. The fraction of sp³-hybridized carbons (Fsp3) is 0.208. The molecule has 2 nitrogen and oxygen atoms in total. The van der Waals surface area contributed by atoms with E-state index in [4.69, 9.17) is 0 Å². The Morgan fingerprint density at radius 1 is 0.731 bits per heavy atom. The van der Waals surface area contributed by atoms with Crippen molar-refractivity contribution in [1.82, 2.24) is 0 Å². The third-order valence-electron chi connectivity index (χ3n) is 5.21. The van der Waals surface area contributed by atoms with Gasteiger partial charge in [0.1, 0.15) is 0 Å². The average Bonchev–Trinajstić information content (AvgIpc) is 2.71. The van der Waals surface area contributed by atoms with E-state index >= 15 is 0 Å². The molecule has 0 aliphatic carbocycles. The number of carbonyl (C=O) groups excluding carboxylic acids is 1. The Labute approximate surface area is 155 Å². The van der Waals surface area contributed by atoms with Crippen molar-refractivity contribution in [1.29, 1.82) is 0 Å². The van der Waals surface area contributed by atoms with Gasteiger partial charge in [-0.1, -0.05) is 78.9 Å². The van der Waals surface area contributed by atoms with E-state index in [9.17, 15) is 4.79 Å². The Morgan fingerprint density at radius 3 is 1.96 bits per heavy atom. The van der Waals surface area contributed by atoms with Gasteiger partial charge < -0.3 is 4.90 Å². The van der Waals surface area contributed by atoms with Crippen molar-refractivity contribution in [3.8, 4) is 0 Å². The number of hydrogen-bond donors (Lipinski definition) is 0. The molecule has 1 aliphatic heterocycles. The maximum Gasteiger partial charge on any atom is 0.233 e. The van der Waals surface area contributed by atoms with Gasteiger partial charge in [-0.3, -0.25) is 4.79 Å². The second kappa shape index (κ2) is 7.57. The van der Waals surface area contributed by atoms with E-state index in [0.29, 0.717) is 0 Å². The van der Waals surface area contributed by atoms with Crippen molar-refractivity contribution in [2.24, 2.45) is 5.92 Å². The molecule has 1 heterocycles. The minimum absolute atomic E-state index is 0.0707. The van der Waals surface area contributed by atoms with E-state index in [2.05, 4.69) is 48.5 Å². The van der Waals surface area contributed by atoms with Crippen LogP contribution in [0.4, 0.5) is 5.69 Å². The molecule has 1 fully saturated rings. The van der Waals surface area contributed by atoms with Gasteiger partial charge in [0.25, 0.3) is 0 Å². The van der Waals surface area contributed by atoms with Crippen LogP contribution >= 0.6 is 0 Å². The summed E-state index contributed by atoms with van der Waals surface area (Å²) in [6.07, 6.45) is 2.99. The van der Waals surface area contributed by atoms with Crippen LogP contribution in [0.25, 0.3) is 0 Å². The van der Waals surface area contributed by atoms with Crippen molar-refractivity contribution >= 4 is 11.6 Å². The summed E-state index contributed by atoms with van der Waals surface area (Å²) in [5, 5.41) is 0. The van der Waals surface area contributed by atoms with E-state index in [1.54, 1.807) is 0 Å². The molecule has 0 saturated carbocycles. The number of anilines is 1. The minimum Gasteiger partial charge on any atom is -0.304 e. The van der Waals surface area contributed by atoms with Crippen LogP contribution < -0.4 is 4.90 Å². The molecular formula is C24H23NO. The molecule has 130 valence electrons. The van der Waals surface area contributed by atoms with E-state index < -0.39 is 0 Å². The summed E-state index contributed by atoms with van der Waals surface area (Å²) in [5.74, 6) is 0.319. The van der Waals surface area contributed by atoms with Gasteiger partial charge in [-0.25, -0.2) is 0 Å². The molecule has 4 rings (SSSR count). The van der Waals surface area contributed by atoms with Crippen LogP contribution in [0, 0.1) is 5.92 Å². The van der Waals surface area contributed by atoms with E-state index in [-0.39, 0.29) is 17.9 Å². The first kappa shape index (κ1) is 16.6. The molecular weight excluding hydrogens is 318 g/mol. The largest absolute Gasteiger partial charge is 0.304 e. The molecule has 0 radical (unpaired) electrons. The number of carbonyl (C=O) groups is 1. The Bertz CT molecular complexity index is 845. The summed E-state index contributed by atoms with van der Waals surface area (Å²) in [5.41, 5.74) is 3.56. The van der Waals surface area contributed by atoms with Crippen LogP contribution in [0.5, 0.6) is 0 Å². The number of aryl methyl sites for hydroxylation is 1.